The molecule has 6 heteroatoms. The first-order valence-electron chi connectivity index (χ1n) is 8.49. The van der Waals surface area contributed by atoms with E-state index in [0.29, 0.717) is 42.5 Å². The summed E-state index contributed by atoms with van der Waals surface area (Å²) >= 11 is 0. The normalized spacial score (nSPS) is 10.1. The summed E-state index contributed by atoms with van der Waals surface area (Å²) in [6.07, 6.45) is 0. The second-order valence-corrected chi connectivity index (χ2v) is 5.72. The van der Waals surface area contributed by atoms with Crippen LogP contribution in [0.5, 0.6) is 11.5 Å². The first-order chi connectivity index (χ1) is 12.5. The molecule has 2 aromatic rings. The number of para-hydroxylation sites is 2. The fourth-order valence-corrected chi connectivity index (χ4v) is 2.39. The van der Waals surface area contributed by atoms with Crippen LogP contribution in [0.15, 0.2) is 48.5 Å². The standard InChI is InChI=1S/C20H24N2O4/c1-4-25-18-10-5-6-11-19(18)26-13-12-22(3)20(24)16-8-7-9-17(14-16)21-15(2)23/h5-11,14H,4,12-13H2,1-3H3,(H,21,23). The van der Waals surface area contributed by atoms with E-state index < -0.39 is 0 Å². The molecule has 0 unspecified atom stereocenters. The molecule has 2 aromatic carbocycles. The van der Waals surface area contributed by atoms with E-state index in [4.69, 9.17) is 9.47 Å². The van der Waals surface area contributed by atoms with E-state index in [-0.39, 0.29) is 11.8 Å². The van der Waals surface area contributed by atoms with Crippen molar-refractivity contribution in [1.29, 1.82) is 0 Å². The van der Waals surface area contributed by atoms with Gasteiger partial charge in [0, 0.05) is 25.2 Å². The van der Waals surface area contributed by atoms with Crippen LogP contribution < -0.4 is 14.8 Å². The van der Waals surface area contributed by atoms with Crippen LogP contribution in [0.3, 0.4) is 0 Å². The van der Waals surface area contributed by atoms with Gasteiger partial charge in [-0.15, -0.1) is 0 Å². The van der Waals surface area contributed by atoms with Crippen molar-refractivity contribution in [2.24, 2.45) is 0 Å². The molecule has 0 aliphatic heterocycles. The molecule has 6 nitrogen and oxygen atoms in total. The van der Waals surface area contributed by atoms with Crippen molar-refractivity contribution >= 4 is 17.5 Å². The van der Waals surface area contributed by atoms with Gasteiger partial charge < -0.3 is 19.7 Å². The zero-order chi connectivity index (χ0) is 18.9. The molecule has 0 saturated carbocycles. The molecule has 0 atom stereocenters. The second kappa shape index (κ2) is 9.46. The van der Waals surface area contributed by atoms with Crippen molar-refractivity contribution in [2.45, 2.75) is 13.8 Å². The number of hydrogen-bond acceptors (Lipinski definition) is 4. The van der Waals surface area contributed by atoms with E-state index in [9.17, 15) is 9.59 Å². The van der Waals surface area contributed by atoms with E-state index in [1.165, 1.54) is 6.92 Å². The third kappa shape index (κ3) is 5.51. The van der Waals surface area contributed by atoms with Crippen molar-refractivity contribution in [3.63, 3.8) is 0 Å². The summed E-state index contributed by atoms with van der Waals surface area (Å²) in [6, 6.07) is 14.3. The highest BCUT2D eigenvalue weighted by atomic mass is 16.5. The molecule has 0 saturated heterocycles. The zero-order valence-corrected chi connectivity index (χ0v) is 15.3. The lowest BCUT2D eigenvalue weighted by atomic mass is 10.1. The number of benzene rings is 2. The number of anilines is 1. The molecular weight excluding hydrogens is 332 g/mol. The molecule has 1 N–H and O–H groups in total. The fraction of sp³-hybridized carbons (Fsp3) is 0.300. The van der Waals surface area contributed by atoms with Crippen molar-refractivity contribution in [2.75, 3.05) is 32.1 Å². The Labute approximate surface area is 153 Å². The lowest BCUT2D eigenvalue weighted by molar-refractivity contribution is -0.114. The molecule has 2 rings (SSSR count). The number of carbonyl (C=O) groups is 2. The summed E-state index contributed by atoms with van der Waals surface area (Å²) in [5.41, 5.74) is 1.10. The maximum atomic E-state index is 12.5. The number of ether oxygens (including phenoxy) is 2. The lowest BCUT2D eigenvalue weighted by Crippen LogP contribution is -2.31. The SMILES string of the molecule is CCOc1ccccc1OCCN(C)C(=O)c1cccc(NC(C)=O)c1. The number of amides is 2. The van der Waals surface area contributed by atoms with Crippen LogP contribution in [0.25, 0.3) is 0 Å². The topological polar surface area (TPSA) is 67.9 Å². The summed E-state index contributed by atoms with van der Waals surface area (Å²) in [6.45, 7) is 4.67. The number of carbonyl (C=O) groups excluding carboxylic acids is 2. The zero-order valence-electron chi connectivity index (χ0n) is 15.3. The Morgan fingerprint density at radius 1 is 1.04 bits per heavy atom. The molecule has 2 amide bonds. The van der Waals surface area contributed by atoms with Crippen LogP contribution in [0.2, 0.25) is 0 Å². The second-order valence-electron chi connectivity index (χ2n) is 5.72. The van der Waals surface area contributed by atoms with Gasteiger partial charge in [-0.05, 0) is 37.3 Å². The molecule has 0 aliphatic carbocycles. The van der Waals surface area contributed by atoms with Crippen molar-refractivity contribution < 1.29 is 19.1 Å². The maximum Gasteiger partial charge on any atom is 0.253 e. The quantitative estimate of drug-likeness (QED) is 0.789. The summed E-state index contributed by atoms with van der Waals surface area (Å²) in [5.74, 6) is 1.03. The Morgan fingerprint density at radius 2 is 1.73 bits per heavy atom. The minimum Gasteiger partial charge on any atom is -0.490 e. The van der Waals surface area contributed by atoms with Gasteiger partial charge in [0.15, 0.2) is 11.5 Å². The number of rotatable bonds is 8. The van der Waals surface area contributed by atoms with E-state index in [1.807, 2.05) is 31.2 Å². The van der Waals surface area contributed by atoms with Gasteiger partial charge in [0.1, 0.15) is 6.61 Å². The minimum absolute atomic E-state index is 0.140. The predicted octanol–water partition coefficient (Wildman–Crippen LogP) is 3.19. The van der Waals surface area contributed by atoms with E-state index in [0.717, 1.165) is 0 Å². The van der Waals surface area contributed by atoms with Crippen LogP contribution >= 0.6 is 0 Å². The Bertz CT molecular complexity index is 761. The minimum atomic E-state index is -0.177. The highest BCUT2D eigenvalue weighted by Gasteiger charge is 2.13. The Hall–Kier alpha value is -3.02. The molecule has 138 valence electrons. The lowest BCUT2D eigenvalue weighted by Gasteiger charge is -2.19. The molecule has 0 aromatic heterocycles. The van der Waals surface area contributed by atoms with E-state index in [2.05, 4.69) is 5.32 Å². The number of nitrogens with one attached hydrogen (secondary N) is 1. The summed E-state index contributed by atoms with van der Waals surface area (Å²) < 4.78 is 11.3. The van der Waals surface area contributed by atoms with Gasteiger partial charge in [0.05, 0.1) is 13.2 Å². The third-order valence-corrected chi connectivity index (χ3v) is 3.61. The molecule has 0 radical (unpaired) electrons. The Balaban J connectivity index is 1.92. The van der Waals surface area contributed by atoms with Gasteiger partial charge in [-0.25, -0.2) is 0 Å². The number of nitrogens with zero attached hydrogens (tertiary/aromatic N) is 1. The summed E-state index contributed by atoms with van der Waals surface area (Å²) in [4.78, 5) is 25.3. The number of hydrogen-bond donors (Lipinski definition) is 1. The van der Waals surface area contributed by atoms with E-state index >= 15 is 0 Å². The van der Waals surface area contributed by atoms with Crippen LogP contribution in [0, 0.1) is 0 Å². The van der Waals surface area contributed by atoms with Gasteiger partial charge in [0.25, 0.3) is 5.91 Å². The largest absolute Gasteiger partial charge is 0.490 e. The fourth-order valence-electron chi connectivity index (χ4n) is 2.39. The Kier molecular flexibility index (Phi) is 7.02. The smallest absolute Gasteiger partial charge is 0.253 e. The van der Waals surface area contributed by atoms with Crippen molar-refractivity contribution in [3.05, 3.63) is 54.1 Å². The van der Waals surface area contributed by atoms with Crippen molar-refractivity contribution in [1.82, 2.24) is 4.90 Å². The van der Waals surface area contributed by atoms with Crippen LogP contribution in [0.4, 0.5) is 5.69 Å². The van der Waals surface area contributed by atoms with Crippen LogP contribution in [-0.2, 0) is 4.79 Å². The van der Waals surface area contributed by atoms with Gasteiger partial charge >= 0.3 is 0 Å². The maximum absolute atomic E-state index is 12.5. The predicted molar refractivity (Wildman–Crippen MR) is 101 cm³/mol. The first-order valence-corrected chi connectivity index (χ1v) is 8.49. The monoisotopic (exact) mass is 356 g/mol. The highest BCUT2D eigenvalue weighted by Crippen LogP contribution is 2.26. The van der Waals surface area contributed by atoms with Crippen LogP contribution in [0.1, 0.15) is 24.2 Å². The van der Waals surface area contributed by atoms with Crippen molar-refractivity contribution in [3.8, 4) is 11.5 Å². The third-order valence-electron chi connectivity index (χ3n) is 3.61. The molecular formula is C20H24N2O4. The molecule has 0 bridgehead atoms. The molecule has 26 heavy (non-hydrogen) atoms. The summed E-state index contributed by atoms with van der Waals surface area (Å²) in [5, 5.41) is 2.67. The van der Waals surface area contributed by atoms with Gasteiger partial charge in [-0.1, -0.05) is 18.2 Å². The molecule has 0 fully saturated rings. The Morgan fingerprint density at radius 3 is 2.38 bits per heavy atom. The summed E-state index contributed by atoms with van der Waals surface area (Å²) in [7, 11) is 1.71. The van der Waals surface area contributed by atoms with Gasteiger partial charge in [0.2, 0.25) is 5.91 Å². The van der Waals surface area contributed by atoms with E-state index in [1.54, 1.807) is 36.2 Å². The van der Waals surface area contributed by atoms with Crippen LogP contribution in [-0.4, -0.2) is 43.5 Å². The molecule has 0 aliphatic rings. The average Bonchev–Trinajstić information content (AvgIpc) is 2.62. The molecule has 0 heterocycles. The van der Waals surface area contributed by atoms with Gasteiger partial charge in [-0.3, -0.25) is 9.59 Å². The average molecular weight is 356 g/mol. The highest BCUT2D eigenvalue weighted by molar-refractivity contribution is 5.96. The molecule has 0 spiro atoms. The van der Waals surface area contributed by atoms with Gasteiger partial charge in [-0.2, -0.15) is 0 Å². The number of likely N-dealkylation sites (N-methyl/N-ethyl adjacent to an activating group) is 1. The first kappa shape index (κ1) is 19.3.